The van der Waals surface area contributed by atoms with E-state index in [0.717, 1.165) is 12.1 Å². The van der Waals surface area contributed by atoms with Crippen LogP contribution in [0.3, 0.4) is 0 Å². The minimum atomic E-state index is -0.182. The summed E-state index contributed by atoms with van der Waals surface area (Å²) in [6.45, 7) is 5.40. The van der Waals surface area contributed by atoms with E-state index in [-0.39, 0.29) is 5.82 Å². The minimum Gasteiger partial charge on any atom is -0.310 e. The zero-order chi connectivity index (χ0) is 13.0. The Labute approximate surface area is 107 Å². The van der Waals surface area contributed by atoms with Crippen LogP contribution in [0.1, 0.15) is 25.0 Å². The molecule has 1 aromatic heterocycles. The lowest BCUT2D eigenvalue weighted by atomic mass is 10.1. The van der Waals surface area contributed by atoms with Crippen molar-refractivity contribution in [2.45, 2.75) is 33.0 Å². The first-order valence-electron chi connectivity index (χ1n) is 6.13. The molecule has 96 valence electrons. The van der Waals surface area contributed by atoms with E-state index in [1.807, 2.05) is 24.4 Å². The Morgan fingerprint density at radius 1 is 1.39 bits per heavy atom. The molecule has 0 saturated heterocycles. The van der Waals surface area contributed by atoms with Crippen molar-refractivity contribution >= 4 is 0 Å². The van der Waals surface area contributed by atoms with Gasteiger partial charge in [-0.25, -0.2) is 4.39 Å². The van der Waals surface area contributed by atoms with Crippen LogP contribution in [0.25, 0.3) is 0 Å². The molecule has 0 aliphatic carbocycles. The lowest BCUT2D eigenvalue weighted by Gasteiger charge is -2.10. The molecule has 0 aliphatic heterocycles. The van der Waals surface area contributed by atoms with E-state index in [1.54, 1.807) is 10.9 Å². The molecule has 0 aliphatic rings. The minimum absolute atomic E-state index is 0.182. The molecular weight excluding hydrogens is 229 g/mol. The molecule has 0 bridgehead atoms. The first-order valence-corrected chi connectivity index (χ1v) is 6.13. The Bertz CT molecular complexity index is 492. The van der Waals surface area contributed by atoms with E-state index in [0.29, 0.717) is 18.2 Å². The number of nitrogens with zero attached hydrogens (tertiary/aromatic N) is 2. The first-order chi connectivity index (χ1) is 8.65. The molecule has 4 heteroatoms. The Morgan fingerprint density at radius 2 is 2.22 bits per heavy atom. The second kappa shape index (κ2) is 5.78. The van der Waals surface area contributed by atoms with Gasteiger partial charge in [0.1, 0.15) is 5.82 Å². The van der Waals surface area contributed by atoms with Gasteiger partial charge in [-0.05, 0) is 23.8 Å². The number of halogens is 1. The van der Waals surface area contributed by atoms with Crippen molar-refractivity contribution in [2.24, 2.45) is 0 Å². The summed E-state index contributed by atoms with van der Waals surface area (Å²) in [7, 11) is 0. The van der Waals surface area contributed by atoms with Gasteiger partial charge in [-0.2, -0.15) is 5.10 Å². The predicted octanol–water partition coefficient (Wildman–Crippen LogP) is 2.57. The number of hydrogen-bond acceptors (Lipinski definition) is 2. The van der Waals surface area contributed by atoms with Crippen LogP contribution in [0.4, 0.5) is 4.39 Å². The molecule has 0 spiro atoms. The highest BCUT2D eigenvalue weighted by atomic mass is 19.1. The maximum atomic E-state index is 13.7. The SMILES string of the molecule is CC(C)NCc1ccc(F)c(Cn2cccn2)c1. The van der Waals surface area contributed by atoms with Crippen LogP contribution < -0.4 is 5.32 Å². The zero-order valence-electron chi connectivity index (χ0n) is 10.7. The maximum absolute atomic E-state index is 13.7. The first kappa shape index (κ1) is 12.8. The fraction of sp³-hybridized carbons (Fsp3) is 0.357. The largest absolute Gasteiger partial charge is 0.310 e. The van der Waals surface area contributed by atoms with Crippen LogP contribution in [0.2, 0.25) is 0 Å². The van der Waals surface area contributed by atoms with Gasteiger partial charge in [0, 0.05) is 30.5 Å². The van der Waals surface area contributed by atoms with Gasteiger partial charge in [-0.3, -0.25) is 4.68 Å². The van der Waals surface area contributed by atoms with E-state index >= 15 is 0 Å². The number of benzene rings is 1. The molecule has 0 amide bonds. The summed E-state index contributed by atoms with van der Waals surface area (Å²) >= 11 is 0. The van der Waals surface area contributed by atoms with Crippen molar-refractivity contribution in [2.75, 3.05) is 0 Å². The quantitative estimate of drug-likeness (QED) is 0.880. The predicted molar refractivity (Wildman–Crippen MR) is 69.7 cm³/mol. The second-order valence-corrected chi connectivity index (χ2v) is 4.67. The molecule has 0 atom stereocenters. The lowest BCUT2D eigenvalue weighted by molar-refractivity contribution is 0.573. The maximum Gasteiger partial charge on any atom is 0.128 e. The van der Waals surface area contributed by atoms with Crippen LogP contribution in [0.5, 0.6) is 0 Å². The molecule has 2 aromatic rings. The molecule has 1 N–H and O–H groups in total. The van der Waals surface area contributed by atoms with Gasteiger partial charge in [-0.1, -0.05) is 19.9 Å². The highest BCUT2D eigenvalue weighted by molar-refractivity contribution is 5.25. The Kier molecular flexibility index (Phi) is 4.10. The third-order valence-corrected chi connectivity index (χ3v) is 2.72. The summed E-state index contributed by atoms with van der Waals surface area (Å²) in [5.74, 6) is -0.182. The molecule has 0 fully saturated rings. The fourth-order valence-corrected chi connectivity index (χ4v) is 1.75. The van der Waals surface area contributed by atoms with Gasteiger partial charge >= 0.3 is 0 Å². The van der Waals surface area contributed by atoms with Crippen LogP contribution >= 0.6 is 0 Å². The summed E-state index contributed by atoms with van der Waals surface area (Å²) < 4.78 is 15.4. The lowest BCUT2D eigenvalue weighted by Crippen LogP contribution is -2.22. The smallest absolute Gasteiger partial charge is 0.128 e. The molecule has 0 radical (unpaired) electrons. The number of nitrogens with one attached hydrogen (secondary N) is 1. The molecule has 1 aromatic carbocycles. The van der Waals surface area contributed by atoms with Gasteiger partial charge in [0.2, 0.25) is 0 Å². The topological polar surface area (TPSA) is 29.9 Å². The highest BCUT2D eigenvalue weighted by Gasteiger charge is 2.05. The van der Waals surface area contributed by atoms with Crippen molar-refractivity contribution in [1.29, 1.82) is 0 Å². The normalized spacial score (nSPS) is 11.1. The molecule has 1 heterocycles. The molecule has 3 nitrogen and oxygen atoms in total. The summed E-state index contributed by atoms with van der Waals surface area (Å²) in [6, 6.07) is 7.49. The van der Waals surface area contributed by atoms with Crippen molar-refractivity contribution in [3.63, 3.8) is 0 Å². The second-order valence-electron chi connectivity index (χ2n) is 4.67. The molecule has 2 rings (SSSR count). The van der Waals surface area contributed by atoms with E-state index in [4.69, 9.17) is 0 Å². The molecule has 0 saturated carbocycles. The van der Waals surface area contributed by atoms with Gasteiger partial charge < -0.3 is 5.32 Å². The van der Waals surface area contributed by atoms with Gasteiger partial charge in [0.25, 0.3) is 0 Å². The Balaban J connectivity index is 2.11. The van der Waals surface area contributed by atoms with Crippen molar-refractivity contribution in [3.8, 4) is 0 Å². The average Bonchev–Trinajstić information content (AvgIpc) is 2.83. The monoisotopic (exact) mass is 247 g/mol. The van der Waals surface area contributed by atoms with E-state index < -0.39 is 0 Å². The zero-order valence-corrected chi connectivity index (χ0v) is 10.7. The summed E-state index contributed by atoms with van der Waals surface area (Å²) in [5.41, 5.74) is 1.76. The number of hydrogen-bond donors (Lipinski definition) is 1. The van der Waals surface area contributed by atoms with Gasteiger partial charge in [0.05, 0.1) is 6.54 Å². The van der Waals surface area contributed by atoms with Crippen molar-refractivity contribution < 1.29 is 4.39 Å². The molecular formula is C14H18FN3. The Morgan fingerprint density at radius 3 is 2.89 bits per heavy atom. The van der Waals surface area contributed by atoms with E-state index in [9.17, 15) is 4.39 Å². The van der Waals surface area contributed by atoms with E-state index in [2.05, 4.69) is 24.3 Å². The van der Waals surface area contributed by atoms with Gasteiger partial charge in [-0.15, -0.1) is 0 Å². The van der Waals surface area contributed by atoms with Crippen molar-refractivity contribution in [1.82, 2.24) is 15.1 Å². The number of rotatable bonds is 5. The third kappa shape index (κ3) is 3.40. The summed E-state index contributed by atoms with van der Waals surface area (Å²) in [5, 5.41) is 7.41. The summed E-state index contributed by atoms with van der Waals surface area (Å²) in [4.78, 5) is 0. The average molecular weight is 247 g/mol. The van der Waals surface area contributed by atoms with Crippen LogP contribution in [-0.4, -0.2) is 15.8 Å². The highest BCUT2D eigenvalue weighted by Crippen LogP contribution is 2.12. The van der Waals surface area contributed by atoms with E-state index in [1.165, 1.54) is 6.07 Å². The summed E-state index contributed by atoms with van der Waals surface area (Å²) in [6.07, 6.45) is 3.53. The standard InChI is InChI=1S/C14H18FN3/c1-11(2)16-9-12-4-5-14(15)13(8-12)10-18-7-3-6-17-18/h3-8,11,16H,9-10H2,1-2H3. The van der Waals surface area contributed by atoms with Crippen LogP contribution in [-0.2, 0) is 13.1 Å². The number of aromatic nitrogens is 2. The fourth-order valence-electron chi connectivity index (χ4n) is 1.75. The van der Waals surface area contributed by atoms with Crippen molar-refractivity contribution in [3.05, 3.63) is 53.6 Å². The van der Waals surface area contributed by atoms with Crippen LogP contribution in [0, 0.1) is 5.82 Å². The third-order valence-electron chi connectivity index (χ3n) is 2.72. The Hall–Kier alpha value is -1.68. The molecule has 18 heavy (non-hydrogen) atoms. The molecule has 0 unspecified atom stereocenters. The van der Waals surface area contributed by atoms with Crippen LogP contribution in [0.15, 0.2) is 36.7 Å². The van der Waals surface area contributed by atoms with Gasteiger partial charge in [0.15, 0.2) is 0 Å².